The van der Waals surface area contributed by atoms with Crippen LogP contribution in [0.4, 0.5) is 29.5 Å². The van der Waals surface area contributed by atoms with Crippen molar-refractivity contribution in [3.63, 3.8) is 0 Å². The summed E-state index contributed by atoms with van der Waals surface area (Å²) in [7, 11) is 0. The van der Waals surface area contributed by atoms with E-state index in [-0.39, 0.29) is 58.2 Å². The summed E-state index contributed by atoms with van der Waals surface area (Å²) in [5.74, 6) is 0.0204. The molecule has 0 bridgehead atoms. The van der Waals surface area contributed by atoms with Crippen molar-refractivity contribution in [1.29, 1.82) is 0 Å². The zero-order valence-corrected chi connectivity index (χ0v) is 24.9. The highest BCUT2D eigenvalue weighted by Gasteiger charge is 2.37. The van der Waals surface area contributed by atoms with Crippen LogP contribution in [-0.2, 0) is 11.0 Å². The van der Waals surface area contributed by atoms with E-state index in [1.165, 1.54) is 23.0 Å². The minimum absolute atomic E-state index is 0.0875. The molecular weight excluding hydrogens is 633 g/mol. The topological polar surface area (TPSA) is 187 Å². The number of aromatic amines is 1. The number of imidazole rings is 1. The van der Waals surface area contributed by atoms with Gasteiger partial charge in [-0.3, -0.25) is 19.1 Å². The monoisotopic (exact) mass is 662 g/mol. The predicted octanol–water partition coefficient (Wildman–Crippen LogP) is 3.58. The molecular formula is C28H30ClF3N10O4. The van der Waals surface area contributed by atoms with Gasteiger partial charge in [0.05, 0.1) is 28.0 Å². The number of piperazine rings is 1. The third-order valence-electron chi connectivity index (χ3n) is 7.73. The molecule has 18 heteroatoms. The SMILES string of the molecule is N[C@H]1CC[C@@H](NC(=O)N2CCN(C(=O)c3ccc(Nc4nccn5c(-c6c[nH]nc6C(F)(F)F)cnc45)cc3Cl)CC2)C1.O=CO. The molecule has 2 aliphatic rings. The fraction of sp³-hybridized carbons (Fsp3) is 0.357. The number of nitrogens with two attached hydrogens (primary N) is 1. The molecule has 46 heavy (non-hydrogen) atoms. The minimum atomic E-state index is -4.64. The zero-order valence-electron chi connectivity index (χ0n) is 24.2. The lowest BCUT2D eigenvalue weighted by Crippen LogP contribution is -2.54. The number of nitrogens with one attached hydrogen (secondary N) is 3. The smallest absolute Gasteiger partial charge is 0.435 e. The molecule has 3 amide bonds. The lowest BCUT2D eigenvalue weighted by molar-refractivity contribution is -0.140. The maximum Gasteiger partial charge on any atom is 0.435 e. The van der Waals surface area contributed by atoms with Gasteiger partial charge in [0.25, 0.3) is 12.4 Å². The second-order valence-electron chi connectivity index (χ2n) is 10.7. The highest BCUT2D eigenvalue weighted by molar-refractivity contribution is 6.34. The second kappa shape index (κ2) is 13.6. The molecule has 1 aliphatic heterocycles. The highest BCUT2D eigenvalue weighted by Crippen LogP contribution is 2.36. The van der Waals surface area contributed by atoms with Crippen LogP contribution >= 0.6 is 11.6 Å². The van der Waals surface area contributed by atoms with E-state index in [4.69, 9.17) is 27.2 Å². The number of nitrogens with zero attached hydrogens (tertiary/aromatic N) is 6. The van der Waals surface area contributed by atoms with Crippen LogP contribution in [0.3, 0.4) is 0 Å². The van der Waals surface area contributed by atoms with Crippen LogP contribution in [-0.4, -0.2) is 96.1 Å². The Balaban J connectivity index is 0.00000134. The summed E-state index contributed by atoms with van der Waals surface area (Å²) >= 11 is 6.52. The van der Waals surface area contributed by atoms with Crippen molar-refractivity contribution in [2.24, 2.45) is 5.73 Å². The maximum atomic E-state index is 13.4. The number of fused-ring (bicyclic) bond motifs is 1. The molecule has 2 atom stereocenters. The van der Waals surface area contributed by atoms with Crippen molar-refractivity contribution in [3.8, 4) is 11.3 Å². The normalized spacial score (nSPS) is 18.2. The average Bonchev–Trinajstić information content (AvgIpc) is 3.77. The Morgan fingerprint density at radius 2 is 1.85 bits per heavy atom. The lowest BCUT2D eigenvalue weighted by atomic mass is 10.1. The Labute approximate surface area is 264 Å². The first kappa shape index (κ1) is 32.5. The van der Waals surface area contributed by atoms with Gasteiger partial charge in [0.15, 0.2) is 17.2 Å². The molecule has 14 nitrogen and oxygen atoms in total. The van der Waals surface area contributed by atoms with Gasteiger partial charge in [-0.25, -0.2) is 14.8 Å². The fourth-order valence-corrected chi connectivity index (χ4v) is 5.77. The van der Waals surface area contributed by atoms with E-state index in [2.05, 4.69) is 30.8 Å². The Kier molecular flexibility index (Phi) is 9.62. The molecule has 0 unspecified atom stereocenters. The number of halogens is 4. The van der Waals surface area contributed by atoms with Crippen molar-refractivity contribution >= 4 is 47.2 Å². The number of H-pyrrole nitrogens is 1. The van der Waals surface area contributed by atoms with Gasteiger partial charge in [-0.05, 0) is 37.5 Å². The van der Waals surface area contributed by atoms with Crippen molar-refractivity contribution < 1.29 is 32.7 Å². The number of rotatable bonds is 5. The first-order valence-corrected chi connectivity index (χ1v) is 14.6. The average molecular weight is 663 g/mol. The zero-order chi connectivity index (χ0) is 33.0. The standard InChI is InChI=1S/C27H28ClF3N10O2.CH2O2/c28-20-12-17(36-23-24-34-14-21(41(24)6-5-33-23)19-13-35-38-22(19)27(29,30)31)3-4-18(20)25(42)39-7-9-40(10-8-39)26(43)37-16-2-1-15(32)11-16;2-1-3/h3-6,12-16H,1-2,7-11,32H2,(H,33,36)(H,35,38)(H,37,43);1H,(H,2,3)/t15-,16+;/m0./s1. The summed E-state index contributed by atoms with van der Waals surface area (Å²) in [6.07, 6.45) is 3.30. The van der Waals surface area contributed by atoms with E-state index in [1.54, 1.807) is 28.0 Å². The molecule has 1 aromatic carbocycles. The number of hydrogen-bond acceptors (Lipinski definition) is 8. The highest BCUT2D eigenvalue weighted by atomic mass is 35.5. The molecule has 1 aliphatic carbocycles. The van der Waals surface area contributed by atoms with Gasteiger partial charge >= 0.3 is 12.2 Å². The van der Waals surface area contributed by atoms with Crippen LogP contribution in [0.5, 0.6) is 0 Å². The van der Waals surface area contributed by atoms with Crippen molar-refractivity contribution in [2.75, 3.05) is 31.5 Å². The van der Waals surface area contributed by atoms with E-state index in [9.17, 15) is 22.8 Å². The quantitative estimate of drug-likeness (QED) is 0.199. The van der Waals surface area contributed by atoms with Gasteiger partial charge in [0.1, 0.15) is 0 Å². The van der Waals surface area contributed by atoms with Crippen LogP contribution in [0.25, 0.3) is 16.9 Å². The van der Waals surface area contributed by atoms with Gasteiger partial charge < -0.3 is 31.3 Å². The van der Waals surface area contributed by atoms with Gasteiger partial charge in [0, 0.05) is 62.5 Å². The molecule has 1 saturated heterocycles. The largest absolute Gasteiger partial charge is 0.483 e. The first-order chi connectivity index (χ1) is 22.0. The number of anilines is 2. The summed E-state index contributed by atoms with van der Waals surface area (Å²) in [4.78, 5) is 46.1. The van der Waals surface area contributed by atoms with E-state index in [0.717, 1.165) is 25.5 Å². The van der Waals surface area contributed by atoms with E-state index >= 15 is 0 Å². The van der Waals surface area contributed by atoms with Crippen molar-refractivity contribution in [2.45, 2.75) is 37.5 Å². The number of carboxylic acid groups (broad SMARTS) is 1. The summed E-state index contributed by atoms with van der Waals surface area (Å²) in [5, 5.41) is 18.8. The number of amides is 3. The molecule has 0 spiro atoms. The molecule has 244 valence electrons. The maximum absolute atomic E-state index is 13.4. The Bertz CT molecular complexity index is 1720. The molecule has 4 heterocycles. The third-order valence-corrected chi connectivity index (χ3v) is 8.04. The Morgan fingerprint density at radius 3 is 2.50 bits per heavy atom. The van der Waals surface area contributed by atoms with Gasteiger partial charge in [-0.1, -0.05) is 11.6 Å². The lowest BCUT2D eigenvalue weighted by Gasteiger charge is -2.35. The van der Waals surface area contributed by atoms with E-state index in [1.807, 2.05) is 0 Å². The molecule has 0 radical (unpaired) electrons. The van der Waals surface area contributed by atoms with Gasteiger partial charge in [-0.15, -0.1) is 0 Å². The number of hydrogen-bond donors (Lipinski definition) is 5. The van der Waals surface area contributed by atoms with Crippen molar-refractivity contribution in [3.05, 3.63) is 59.3 Å². The molecule has 6 rings (SSSR count). The number of carbonyl (C=O) groups excluding carboxylic acids is 2. The van der Waals surface area contributed by atoms with Crippen LogP contribution in [0, 0.1) is 0 Å². The van der Waals surface area contributed by atoms with Crippen LogP contribution < -0.4 is 16.4 Å². The predicted molar refractivity (Wildman–Crippen MR) is 161 cm³/mol. The molecule has 6 N–H and O–H groups in total. The van der Waals surface area contributed by atoms with Crippen LogP contribution in [0.1, 0.15) is 35.3 Å². The van der Waals surface area contributed by atoms with Gasteiger partial charge in [0.2, 0.25) is 0 Å². The van der Waals surface area contributed by atoms with E-state index < -0.39 is 11.9 Å². The number of alkyl halides is 3. The number of benzene rings is 1. The summed E-state index contributed by atoms with van der Waals surface area (Å²) in [5.41, 5.74) is 6.00. The Morgan fingerprint density at radius 1 is 1.13 bits per heavy atom. The van der Waals surface area contributed by atoms with Crippen LogP contribution in [0.2, 0.25) is 5.02 Å². The third kappa shape index (κ3) is 6.99. The molecule has 1 saturated carbocycles. The van der Waals surface area contributed by atoms with Crippen molar-refractivity contribution in [1.82, 2.24) is 39.7 Å². The molecule has 2 fully saturated rings. The second-order valence-corrected chi connectivity index (χ2v) is 11.1. The first-order valence-electron chi connectivity index (χ1n) is 14.2. The molecule has 3 aromatic heterocycles. The van der Waals surface area contributed by atoms with Gasteiger partial charge in [-0.2, -0.15) is 18.3 Å². The summed E-state index contributed by atoms with van der Waals surface area (Å²) in [6, 6.07) is 4.88. The van der Waals surface area contributed by atoms with Crippen LogP contribution in [0.15, 0.2) is 43.0 Å². The number of carbonyl (C=O) groups is 3. The number of urea groups is 1. The fourth-order valence-electron chi connectivity index (χ4n) is 5.51. The number of aromatic nitrogens is 5. The summed E-state index contributed by atoms with van der Waals surface area (Å²) in [6.45, 7) is 1.29. The summed E-state index contributed by atoms with van der Waals surface area (Å²) < 4.78 is 41.7. The molecule has 4 aromatic rings. The minimum Gasteiger partial charge on any atom is -0.483 e. The van der Waals surface area contributed by atoms with E-state index in [0.29, 0.717) is 37.4 Å². The Hall–Kier alpha value is -4.90.